The van der Waals surface area contributed by atoms with Gasteiger partial charge < -0.3 is 14.7 Å². The zero-order valence-corrected chi connectivity index (χ0v) is 10.9. The molecule has 7 nitrogen and oxygen atoms in total. The van der Waals surface area contributed by atoms with E-state index in [1.807, 2.05) is 23.9 Å². The molecule has 0 rings (SSSR count). The standard InChI is InChI=1S/C6H10S.H3O4P.HO3P/c1-3-5-7-6-4-2;1-5(2,3)4;1-4(2)3/h3-4H,1-2,5-6H2;(H3,1,2,3,4);(H-,1,2,3)/p+1. The SMILES string of the molecule is C=CCSCC=C.O=P(O)(O)O.O=[P+](O)O. The maximum atomic E-state index is 8.88. The third-order valence-electron chi connectivity index (χ3n) is 0.471. The van der Waals surface area contributed by atoms with Crippen molar-refractivity contribution < 1.29 is 33.6 Å². The van der Waals surface area contributed by atoms with Gasteiger partial charge in [0.1, 0.15) is 0 Å². The summed E-state index contributed by atoms with van der Waals surface area (Å²) in [7, 11) is -7.51. The van der Waals surface area contributed by atoms with Gasteiger partial charge in [-0.1, -0.05) is 12.2 Å². The van der Waals surface area contributed by atoms with E-state index in [0.717, 1.165) is 11.5 Å². The molecular weight excluding hydrogens is 278 g/mol. The zero-order valence-electron chi connectivity index (χ0n) is 8.34. The summed E-state index contributed by atoms with van der Waals surface area (Å²) in [6.45, 7) is 7.15. The van der Waals surface area contributed by atoms with Gasteiger partial charge in [-0.25, -0.2) is 4.57 Å². The highest BCUT2D eigenvalue weighted by Crippen LogP contribution is 2.25. The van der Waals surface area contributed by atoms with E-state index in [4.69, 9.17) is 33.6 Å². The van der Waals surface area contributed by atoms with Gasteiger partial charge in [0.15, 0.2) is 0 Å². The average Bonchev–Trinajstić information content (AvgIpc) is 2.01. The molecule has 0 saturated carbocycles. The monoisotopic (exact) mass is 293 g/mol. The Balaban J connectivity index is -0.000000166. The number of hydrogen-bond acceptors (Lipinski definition) is 3. The van der Waals surface area contributed by atoms with Crippen molar-refractivity contribution in [2.45, 2.75) is 0 Å². The summed E-state index contributed by atoms with van der Waals surface area (Å²) in [6, 6.07) is 0. The smallest absolute Gasteiger partial charge is 0.303 e. The summed E-state index contributed by atoms with van der Waals surface area (Å²) in [6.07, 6.45) is 3.79. The first-order valence-corrected chi connectivity index (χ1v) is 7.46. The lowest BCUT2D eigenvalue weighted by atomic mass is 10.8. The first-order valence-electron chi connectivity index (χ1n) is 3.58. The lowest BCUT2D eigenvalue weighted by Gasteiger charge is -1.85. The van der Waals surface area contributed by atoms with Crippen LogP contribution in [0.4, 0.5) is 0 Å². The first kappa shape index (κ1) is 21.3. The van der Waals surface area contributed by atoms with Crippen molar-refractivity contribution in [1.29, 1.82) is 0 Å². The number of rotatable bonds is 4. The minimum absolute atomic E-state index is 1.03. The van der Waals surface area contributed by atoms with Crippen LogP contribution in [0, 0.1) is 0 Å². The van der Waals surface area contributed by atoms with Crippen LogP contribution in [0.25, 0.3) is 0 Å². The topological polar surface area (TPSA) is 135 Å². The molecule has 0 fully saturated rings. The summed E-state index contributed by atoms with van der Waals surface area (Å²) in [5, 5.41) is 0. The van der Waals surface area contributed by atoms with Crippen LogP contribution in [-0.2, 0) is 9.13 Å². The van der Waals surface area contributed by atoms with Crippen LogP contribution in [0.1, 0.15) is 0 Å². The van der Waals surface area contributed by atoms with Gasteiger partial charge in [0.25, 0.3) is 0 Å². The van der Waals surface area contributed by atoms with E-state index >= 15 is 0 Å². The first-order chi connectivity index (χ1) is 7.15. The minimum atomic E-state index is -4.64. The minimum Gasteiger partial charge on any atom is -0.303 e. The summed E-state index contributed by atoms with van der Waals surface area (Å²) in [5.74, 6) is 2.07. The Morgan fingerprint density at radius 2 is 1.31 bits per heavy atom. The predicted molar refractivity (Wildman–Crippen MR) is 64.0 cm³/mol. The largest absolute Gasteiger partial charge is 0.692 e. The zero-order chi connectivity index (χ0) is 13.6. The Bertz CT molecular complexity index is 219. The predicted octanol–water partition coefficient (Wildman–Crippen LogP) is 0.791. The van der Waals surface area contributed by atoms with Gasteiger partial charge in [-0.05, 0) is 0 Å². The average molecular weight is 293 g/mol. The van der Waals surface area contributed by atoms with Crippen LogP contribution >= 0.6 is 27.8 Å². The van der Waals surface area contributed by atoms with Gasteiger partial charge in [-0.3, -0.25) is 0 Å². The number of phosphoric acid groups is 1. The molecule has 0 unspecified atom stereocenters. The molecule has 16 heavy (non-hydrogen) atoms. The lowest BCUT2D eigenvalue weighted by Crippen LogP contribution is -1.69. The van der Waals surface area contributed by atoms with Gasteiger partial charge in [-0.2, -0.15) is 11.8 Å². The Labute approximate surface area is 98.7 Å². The second kappa shape index (κ2) is 15.0. The highest BCUT2D eigenvalue weighted by molar-refractivity contribution is 7.99. The maximum absolute atomic E-state index is 8.88. The Kier molecular flexibility index (Phi) is 19.9. The van der Waals surface area contributed by atoms with Crippen LogP contribution in [0.5, 0.6) is 0 Å². The molecule has 0 bridgehead atoms. The van der Waals surface area contributed by atoms with Crippen molar-refractivity contribution in [2.24, 2.45) is 0 Å². The normalized spacial score (nSPS) is 8.81. The van der Waals surface area contributed by atoms with Crippen molar-refractivity contribution in [3.05, 3.63) is 25.3 Å². The van der Waals surface area contributed by atoms with Gasteiger partial charge >= 0.3 is 16.1 Å². The molecule has 0 aromatic heterocycles. The molecule has 0 aliphatic heterocycles. The van der Waals surface area contributed by atoms with Crippen LogP contribution in [-0.4, -0.2) is 36.0 Å². The highest BCUT2D eigenvalue weighted by Gasteiger charge is 2.00. The van der Waals surface area contributed by atoms with Crippen molar-refractivity contribution in [2.75, 3.05) is 11.5 Å². The van der Waals surface area contributed by atoms with Crippen LogP contribution in [0.15, 0.2) is 25.3 Å². The van der Waals surface area contributed by atoms with E-state index in [1.165, 1.54) is 0 Å². The molecule has 0 aromatic carbocycles. The molecule has 0 aliphatic rings. The van der Waals surface area contributed by atoms with Gasteiger partial charge in [-0.15, -0.1) is 22.9 Å². The molecule has 0 saturated heterocycles. The molecule has 0 heterocycles. The second-order valence-corrected chi connectivity index (χ2v) is 4.49. The van der Waals surface area contributed by atoms with E-state index < -0.39 is 16.1 Å². The highest BCUT2D eigenvalue weighted by atomic mass is 32.2. The maximum Gasteiger partial charge on any atom is 0.692 e. The second-order valence-electron chi connectivity index (χ2n) is 1.88. The van der Waals surface area contributed by atoms with Gasteiger partial charge in [0, 0.05) is 16.1 Å². The third kappa shape index (κ3) is 150. The summed E-state index contributed by atoms with van der Waals surface area (Å²) >= 11 is 1.82. The third-order valence-corrected chi connectivity index (χ3v) is 1.41. The van der Waals surface area contributed by atoms with E-state index in [1.54, 1.807) is 0 Å². The fourth-order valence-electron chi connectivity index (χ4n) is 0.235. The number of hydrogen-bond donors (Lipinski definition) is 5. The molecule has 0 amide bonds. The molecule has 0 aliphatic carbocycles. The van der Waals surface area contributed by atoms with Crippen LogP contribution in [0.2, 0.25) is 0 Å². The summed E-state index contributed by atoms with van der Waals surface area (Å²) < 4.78 is 17.6. The quantitative estimate of drug-likeness (QED) is 0.291. The molecule has 0 radical (unpaired) electrons. The lowest BCUT2D eigenvalue weighted by molar-refractivity contribution is 0.275. The molecule has 10 heteroatoms. The Morgan fingerprint density at radius 3 is 1.44 bits per heavy atom. The van der Waals surface area contributed by atoms with Crippen molar-refractivity contribution in [1.82, 2.24) is 0 Å². The van der Waals surface area contributed by atoms with Gasteiger partial charge in [0.05, 0.1) is 0 Å². The van der Waals surface area contributed by atoms with E-state index in [9.17, 15) is 0 Å². The van der Waals surface area contributed by atoms with Gasteiger partial charge in [0.2, 0.25) is 0 Å². The van der Waals surface area contributed by atoms with Crippen LogP contribution < -0.4 is 0 Å². The fraction of sp³-hybridized carbons (Fsp3) is 0.333. The summed E-state index contributed by atoms with van der Waals surface area (Å²) in [5.41, 5.74) is 0. The molecule has 0 aromatic rings. The Hall–Kier alpha value is -0.0400. The van der Waals surface area contributed by atoms with Crippen molar-refractivity contribution in [3.8, 4) is 0 Å². The molecule has 5 N–H and O–H groups in total. The number of thioether (sulfide) groups is 1. The van der Waals surface area contributed by atoms with E-state index in [2.05, 4.69) is 13.2 Å². The summed E-state index contributed by atoms with van der Waals surface area (Å²) in [4.78, 5) is 35.8. The van der Waals surface area contributed by atoms with Crippen molar-refractivity contribution >= 4 is 27.8 Å². The van der Waals surface area contributed by atoms with E-state index in [-0.39, 0.29) is 0 Å². The molecular formula is C6H15O7P2S+. The Morgan fingerprint density at radius 1 is 1.12 bits per heavy atom. The molecule has 0 atom stereocenters. The van der Waals surface area contributed by atoms with Crippen molar-refractivity contribution in [3.63, 3.8) is 0 Å². The van der Waals surface area contributed by atoms with Crippen LogP contribution in [0.3, 0.4) is 0 Å². The molecule has 0 spiro atoms. The fourth-order valence-corrected chi connectivity index (χ4v) is 0.704. The molecule has 96 valence electrons. The van der Waals surface area contributed by atoms with E-state index in [0.29, 0.717) is 0 Å².